The topological polar surface area (TPSA) is 82.8 Å². The highest BCUT2D eigenvalue weighted by atomic mass is 16.5. The predicted octanol–water partition coefficient (Wildman–Crippen LogP) is 5.09. The molecule has 1 aliphatic heterocycles. The van der Waals surface area contributed by atoms with Crippen molar-refractivity contribution < 1.29 is 9.53 Å². The lowest BCUT2D eigenvalue weighted by Gasteiger charge is -2.21. The summed E-state index contributed by atoms with van der Waals surface area (Å²) in [7, 11) is 0. The number of fused-ring (bicyclic) bond motifs is 2. The van der Waals surface area contributed by atoms with Gasteiger partial charge in [0.1, 0.15) is 5.52 Å². The first-order valence-corrected chi connectivity index (χ1v) is 12.0. The van der Waals surface area contributed by atoms with Gasteiger partial charge in [-0.2, -0.15) is 0 Å². The van der Waals surface area contributed by atoms with E-state index in [2.05, 4.69) is 33.5 Å². The molecule has 1 saturated heterocycles. The van der Waals surface area contributed by atoms with Crippen molar-refractivity contribution in [1.29, 1.82) is 0 Å². The van der Waals surface area contributed by atoms with Gasteiger partial charge in [-0.25, -0.2) is 9.67 Å². The third kappa shape index (κ3) is 4.55. The number of aromatic nitrogens is 5. The van der Waals surface area contributed by atoms with Crippen LogP contribution in [0.2, 0.25) is 0 Å². The molecule has 3 aromatic heterocycles. The second-order valence-corrected chi connectivity index (χ2v) is 9.08. The summed E-state index contributed by atoms with van der Waals surface area (Å²) >= 11 is 0. The van der Waals surface area contributed by atoms with Crippen molar-refractivity contribution in [2.75, 3.05) is 13.2 Å². The van der Waals surface area contributed by atoms with Crippen LogP contribution in [0.4, 0.5) is 0 Å². The first-order valence-electron chi connectivity index (χ1n) is 12.0. The van der Waals surface area contributed by atoms with Gasteiger partial charge in [0.2, 0.25) is 0 Å². The largest absolute Gasteiger partial charge is 0.381 e. The lowest BCUT2D eigenvalue weighted by Crippen LogP contribution is -2.18. The zero-order valence-corrected chi connectivity index (χ0v) is 19.3. The minimum Gasteiger partial charge on any atom is -0.381 e. The second kappa shape index (κ2) is 9.35. The number of ketones is 1. The summed E-state index contributed by atoms with van der Waals surface area (Å²) < 4.78 is 7.23. The highest BCUT2D eigenvalue weighted by Crippen LogP contribution is 2.24. The molecule has 0 amide bonds. The average molecular weight is 464 g/mol. The highest BCUT2D eigenvalue weighted by molar-refractivity contribution is 5.96. The molecule has 1 fully saturated rings. The van der Waals surface area contributed by atoms with Crippen molar-refractivity contribution >= 4 is 27.9 Å². The van der Waals surface area contributed by atoms with Crippen LogP contribution in [0.15, 0.2) is 72.9 Å². The van der Waals surface area contributed by atoms with E-state index >= 15 is 0 Å². The molecule has 0 atom stereocenters. The van der Waals surface area contributed by atoms with Crippen LogP contribution in [0.5, 0.6) is 0 Å². The molecule has 0 N–H and O–H groups in total. The van der Waals surface area contributed by atoms with E-state index in [4.69, 9.17) is 9.72 Å². The number of pyridine rings is 2. The first kappa shape index (κ1) is 21.6. The minimum absolute atomic E-state index is 0.194. The van der Waals surface area contributed by atoms with Gasteiger partial charge in [0.05, 0.1) is 17.8 Å². The van der Waals surface area contributed by atoms with Gasteiger partial charge in [0.25, 0.3) is 0 Å². The van der Waals surface area contributed by atoms with Crippen LogP contribution in [0.25, 0.3) is 33.3 Å². The fraction of sp³-hybridized carbons (Fsp3) is 0.250. The lowest BCUT2D eigenvalue weighted by molar-refractivity contribution is 0.0601. The summed E-state index contributed by atoms with van der Waals surface area (Å²) in [4.78, 5) is 22.0. The Morgan fingerprint density at radius 1 is 0.971 bits per heavy atom. The van der Waals surface area contributed by atoms with E-state index in [1.807, 2.05) is 53.2 Å². The number of benzene rings is 2. The monoisotopic (exact) mass is 463 g/mol. The van der Waals surface area contributed by atoms with Crippen molar-refractivity contribution in [2.24, 2.45) is 5.92 Å². The van der Waals surface area contributed by atoms with Crippen molar-refractivity contribution in [2.45, 2.75) is 25.8 Å². The third-order valence-corrected chi connectivity index (χ3v) is 6.68. The quantitative estimate of drug-likeness (QED) is 0.326. The summed E-state index contributed by atoms with van der Waals surface area (Å²) in [5.74, 6) is 0.617. The molecule has 4 heterocycles. The number of ether oxygens (including phenoxy) is 1. The molecule has 1 aliphatic rings. The highest BCUT2D eigenvalue weighted by Gasteiger charge is 2.18. The number of nitrogens with zero attached hydrogens (tertiary/aromatic N) is 5. The number of hydrogen-bond acceptors (Lipinski definition) is 6. The summed E-state index contributed by atoms with van der Waals surface area (Å²) in [6.07, 6.45) is 4.31. The Labute approximate surface area is 202 Å². The van der Waals surface area contributed by atoms with E-state index in [-0.39, 0.29) is 5.78 Å². The number of Topliss-reactive ketones (excluding diaryl/α,β-unsaturated/α-hetero) is 1. The Hall–Kier alpha value is -3.97. The Balaban J connectivity index is 1.23. The molecule has 0 saturated carbocycles. The molecule has 7 nitrogen and oxygen atoms in total. The molecular weight excluding hydrogens is 438 g/mol. The average Bonchev–Trinajstić information content (AvgIpc) is 3.31. The van der Waals surface area contributed by atoms with Crippen molar-refractivity contribution in [1.82, 2.24) is 25.0 Å². The van der Waals surface area contributed by atoms with Gasteiger partial charge in [-0.15, -0.1) is 5.10 Å². The predicted molar refractivity (Wildman–Crippen MR) is 134 cm³/mol. The smallest absolute Gasteiger partial charge is 0.179 e. The molecule has 174 valence electrons. The lowest BCUT2D eigenvalue weighted by atomic mass is 9.91. The van der Waals surface area contributed by atoms with Crippen LogP contribution in [0, 0.1) is 5.92 Å². The fourth-order valence-corrected chi connectivity index (χ4v) is 4.67. The first-order chi connectivity index (χ1) is 17.2. The molecule has 6 rings (SSSR count). The SMILES string of the molecule is O=C(CC1CCOCC1)c1ccc(-c2ccc3nnn(Cc4ccc5ncccc5c4)c3n2)cc1. The van der Waals surface area contributed by atoms with Crippen molar-refractivity contribution in [3.63, 3.8) is 0 Å². The van der Waals surface area contributed by atoms with Gasteiger partial charge >= 0.3 is 0 Å². The summed E-state index contributed by atoms with van der Waals surface area (Å²) in [6, 6.07) is 21.8. The van der Waals surface area contributed by atoms with E-state index in [9.17, 15) is 4.79 Å². The van der Waals surface area contributed by atoms with E-state index in [1.165, 1.54) is 0 Å². The zero-order chi connectivity index (χ0) is 23.6. The summed E-state index contributed by atoms with van der Waals surface area (Å²) in [5, 5.41) is 9.71. The molecule has 0 bridgehead atoms. The van der Waals surface area contributed by atoms with Crippen LogP contribution in [-0.2, 0) is 11.3 Å². The molecule has 0 spiro atoms. The van der Waals surface area contributed by atoms with Crippen LogP contribution in [-0.4, -0.2) is 44.0 Å². The Morgan fingerprint density at radius 2 is 1.80 bits per heavy atom. The van der Waals surface area contributed by atoms with Gasteiger partial charge in [0, 0.05) is 42.3 Å². The van der Waals surface area contributed by atoms with E-state index in [0.29, 0.717) is 18.9 Å². The van der Waals surface area contributed by atoms with Gasteiger partial charge in [-0.05, 0) is 54.7 Å². The fourth-order valence-electron chi connectivity index (χ4n) is 4.67. The van der Waals surface area contributed by atoms with Crippen LogP contribution in [0.1, 0.15) is 35.2 Å². The Morgan fingerprint density at radius 3 is 2.66 bits per heavy atom. The maximum absolute atomic E-state index is 12.7. The molecule has 0 radical (unpaired) electrons. The molecule has 2 aromatic carbocycles. The van der Waals surface area contributed by atoms with E-state index < -0.39 is 0 Å². The second-order valence-electron chi connectivity index (χ2n) is 9.08. The van der Waals surface area contributed by atoms with Gasteiger partial charge < -0.3 is 4.74 Å². The maximum Gasteiger partial charge on any atom is 0.179 e. The molecule has 5 aromatic rings. The van der Waals surface area contributed by atoms with E-state index in [0.717, 1.165) is 70.5 Å². The maximum atomic E-state index is 12.7. The number of carbonyl (C=O) groups excluding carboxylic acids is 1. The standard InChI is InChI=1S/C28H25N5O2/c34-27(17-19-11-14-35-15-12-19)22-6-4-21(5-7-22)25-9-10-26-28(30-25)33(32-31-26)18-20-3-8-24-23(16-20)2-1-13-29-24/h1-10,13,16,19H,11-12,14-15,17-18H2. The zero-order valence-electron chi connectivity index (χ0n) is 19.3. The number of rotatable bonds is 6. The molecular formula is C28H25N5O2. The molecule has 0 unspecified atom stereocenters. The minimum atomic E-state index is 0.194. The summed E-state index contributed by atoms with van der Waals surface area (Å²) in [5.41, 5.74) is 6.09. The molecule has 7 heteroatoms. The van der Waals surface area contributed by atoms with E-state index in [1.54, 1.807) is 6.20 Å². The van der Waals surface area contributed by atoms with Crippen LogP contribution < -0.4 is 0 Å². The van der Waals surface area contributed by atoms with Crippen molar-refractivity contribution in [3.05, 3.63) is 84.1 Å². The van der Waals surface area contributed by atoms with Gasteiger partial charge in [-0.1, -0.05) is 41.6 Å². The molecule has 35 heavy (non-hydrogen) atoms. The molecule has 0 aliphatic carbocycles. The van der Waals surface area contributed by atoms with Crippen LogP contribution in [0.3, 0.4) is 0 Å². The Kier molecular flexibility index (Phi) is 5.76. The third-order valence-electron chi connectivity index (χ3n) is 6.68. The normalized spacial score (nSPS) is 14.5. The summed E-state index contributed by atoms with van der Waals surface area (Å²) in [6.45, 7) is 2.08. The van der Waals surface area contributed by atoms with Gasteiger partial charge in [-0.3, -0.25) is 9.78 Å². The number of carbonyl (C=O) groups is 1. The number of hydrogen-bond donors (Lipinski definition) is 0. The Bertz CT molecular complexity index is 1500. The van der Waals surface area contributed by atoms with Crippen LogP contribution >= 0.6 is 0 Å². The van der Waals surface area contributed by atoms with Crippen molar-refractivity contribution in [3.8, 4) is 11.3 Å². The van der Waals surface area contributed by atoms with Gasteiger partial charge in [0.15, 0.2) is 11.4 Å².